The number of hydrogen-bond acceptors (Lipinski definition) is 3. The lowest BCUT2D eigenvalue weighted by atomic mass is 10.2. The summed E-state index contributed by atoms with van der Waals surface area (Å²) in [4.78, 5) is 4.31. The van der Waals surface area contributed by atoms with E-state index in [9.17, 15) is 0 Å². The molecule has 1 N–H and O–H groups in total. The Bertz CT molecular complexity index is 620. The molecule has 6 heteroatoms. The van der Waals surface area contributed by atoms with E-state index in [4.69, 9.17) is 16.3 Å². The minimum Gasteiger partial charge on any atom is -0.495 e. The highest BCUT2D eigenvalue weighted by Gasteiger charge is 2.10. The van der Waals surface area contributed by atoms with Crippen molar-refractivity contribution >= 4 is 55.0 Å². The van der Waals surface area contributed by atoms with Crippen LogP contribution in [0.3, 0.4) is 0 Å². The van der Waals surface area contributed by atoms with Gasteiger partial charge in [0.15, 0.2) is 0 Å². The maximum atomic E-state index is 6.08. The summed E-state index contributed by atoms with van der Waals surface area (Å²) >= 11 is 12.9. The summed E-state index contributed by atoms with van der Waals surface area (Å²) in [5.41, 5.74) is 1.79. The fourth-order valence-electron chi connectivity index (χ4n) is 1.56. The lowest BCUT2D eigenvalue weighted by Crippen LogP contribution is -1.98. The number of aromatic nitrogens is 1. The SMILES string of the molecule is COc1cc(Cl)c(C)cc1Nc1ncc(Br)cc1Br. The third-order valence-corrected chi connectivity index (χ3v) is 3.99. The number of aryl methyl sites for hydroxylation is 1. The van der Waals surface area contributed by atoms with Gasteiger partial charge in [-0.2, -0.15) is 0 Å². The van der Waals surface area contributed by atoms with E-state index in [-0.39, 0.29) is 0 Å². The zero-order valence-electron chi connectivity index (χ0n) is 10.3. The van der Waals surface area contributed by atoms with E-state index < -0.39 is 0 Å². The van der Waals surface area contributed by atoms with E-state index in [1.165, 1.54) is 0 Å². The summed E-state index contributed by atoms with van der Waals surface area (Å²) in [6.07, 6.45) is 1.72. The number of rotatable bonds is 3. The van der Waals surface area contributed by atoms with Crippen molar-refractivity contribution in [3.05, 3.63) is 43.9 Å². The Morgan fingerprint density at radius 1 is 1.26 bits per heavy atom. The molecule has 0 saturated heterocycles. The van der Waals surface area contributed by atoms with Crippen LogP contribution in [-0.4, -0.2) is 12.1 Å². The summed E-state index contributed by atoms with van der Waals surface area (Å²) in [6.45, 7) is 1.94. The standard InChI is InChI=1S/C13H11Br2ClN2O/c1-7-3-11(12(19-2)5-10(7)16)18-13-9(15)4-8(14)6-17-13/h3-6H,1-2H3,(H,17,18). The van der Waals surface area contributed by atoms with Gasteiger partial charge < -0.3 is 10.1 Å². The molecule has 0 aliphatic carbocycles. The molecule has 0 atom stereocenters. The van der Waals surface area contributed by atoms with Crippen LogP contribution in [0.4, 0.5) is 11.5 Å². The fourth-order valence-corrected chi connectivity index (χ4v) is 2.80. The number of nitrogens with zero attached hydrogens (tertiary/aromatic N) is 1. The van der Waals surface area contributed by atoms with E-state index in [0.29, 0.717) is 16.6 Å². The second kappa shape index (κ2) is 6.11. The number of methoxy groups -OCH3 is 1. The number of halogens is 3. The number of hydrogen-bond donors (Lipinski definition) is 1. The molecule has 0 saturated carbocycles. The van der Waals surface area contributed by atoms with E-state index in [2.05, 4.69) is 42.2 Å². The Balaban J connectivity index is 2.40. The molecule has 0 aliphatic rings. The van der Waals surface area contributed by atoms with Gasteiger partial charge in [0.05, 0.1) is 17.3 Å². The van der Waals surface area contributed by atoms with Gasteiger partial charge in [-0.05, 0) is 56.5 Å². The second-order valence-corrected chi connectivity index (χ2v) is 6.09. The van der Waals surface area contributed by atoms with Gasteiger partial charge in [0, 0.05) is 21.8 Å². The first-order valence-corrected chi connectivity index (χ1v) is 7.40. The van der Waals surface area contributed by atoms with Crippen molar-refractivity contribution in [3.8, 4) is 5.75 Å². The Hall–Kier alpha value is -0.780. The van der Waals surface area contributed by atoms with Gasteiger partial charge in [0.25, 0.3) is 0 Å². The summed E-state index contributed by atoms with van der Waals surface area (Å²) in [5.74, 6) is 1.38. The number of pyridine rings is 1. The lowest BCUT2D eigenvalue weighted by Gasteiger charge is -2.13. The third kappa shape index (κ3) is 3.41. The predicted octanol–water partition coefficient (Wildman–Crippen LogP) is 5.32. The van der Waals surface area contributed by atoms with Gasteiger partial charge >= 0.3 is 0 Å². The minimum atomic E-state index is 0.672. The molecular weight excluding hydrogens is 395 g/mol. The lowest BCUT2D eigenvalue weighted by molar-refractivity contribution is 0.416. The highest BCUT2D eigenvalue weighted by Crippen LogP contribution is 2.34. The second-order valence-electron chi connectivity index (χ2n) is 3.91. The molecule has 1 aromatic carbocycles. The van der Waals surface area contributed by atoms with Gasteiger partial charge in [0.1, 0.15) is 11.6 Å². The topological polar surface area (TPSA) is 34.1 Å². The van der Waals surface area contributed by atoms with Crippen molar-refractivity contribution in [2.75, 3.05) is 12.4 Å². The van der Waals surface area contributed by atoms with Crippen LogP contribution >= 0.6 is 43.5 Å². The average molecular weight is 407 g/mol. The molecule has 1 heterocycles. The zero-order chi connectivity index (χ0) is 14.0. The van der Waals surface area contributed by atoms with Gasteiger partial charge in [0.2, 0.25) is 0 Å². The molecule has 3 nitrogen and oxygen atoms in total. The monoisotopic (exact) mass is 404 g/mol. The molecule has 0 aliphatic heterocycles. The van der Waals surface area contributed by atoms with Crippen molar-refractivity contribution in [3.63, 3.8) is 0 Å². The molecule has 100 valence electrons. The van der Waals surface area contributed by atoms with Crippen LogP contribution in [0.25, 0.3) is 0 Å². The quantitative estimate of drug-likeness (QED) is 0.749. The first-order valence-electron chi connectivity index (χ1n) is 5.43. The minimum absolute atomic E-state index is 0.672. The van der Waals surface area contributed by atoms with Crippen LogP contribution in [-0.2, 0) is 0 Å². The molecule has 19 heavy (non-hydrogen) atoms. The summed E-state index contributed by atoms with van der Waals surface area (Å²) in [5, 5.41) is 3.90. The van der Waals surface area contributed by atoms with Gasteiger partial charge in [-0.15, -0.1) is 0 Å². The highest BCUT2D eigenvalue weighted by atomic mass is 79.9. The molecule has 0 radical (unpaired) electrons. The van der Waals surface area contributed by atoms with Crippen LogP contribution < -0.4 is 10.1 Å². The van der Waals surface area contributed by atoms with Crippen LogP contribution in [0.2, 0.25) is 5.02 Å². The molecule has 2 aromatic rings. The van der Waals surface area contributed by atoms with Crippen molar-refractivity contribution in [2.45, 2.75) is 6.92 Å². The molecule has 2 rings (SSSR count). The number of nitrogens with one attached hydrogen (secondary N) is 1. The van der Waals surface area contributed by atoms with Crippen LogP contribution in [0.15, 0.2) is 33.3 Å². The van der Waals surface area contributed by atoms with E-state index >= 15 is 0 Å². The fraction of sp³-hybridized carbons (Fsp3) is 0.154. The molecule has 0 unspecified atom stereocenters. The Morgan fingerprint density at radius 2 is 2.00 bits per heavy atom. The maximum Gasteiger partial charge on any atom is 0.144 e. The molecular formula is C13H11Br2ClN2O. The van der Waals surface area contributed by atoms with Crippen molar-refractivity contribution < 1.29 is 4.74 Å². The average Bonchev–Trinajstić information content (AvgIpc) is 2.36. The van der Waals surface area contributed by atoms with Gasteiger partial charge in [-0.3, -0.25) is 0 Å². The third-order valence-electron chi connectivity index (χ3n) is 2.54. The molecule has 1 aromatic heterocycles. The highest BCUT2D eigenvalue weighted by molar-refractivity contribution is 9.11. The normalized spacial score (nSPS) is 10.4. The number of ether oxygens (including phenoxy) is 1. The Morgan fingerprint density at radius 3 is 2.63 bits per heavy atom. The zero-order valence-corrected chi connectivity index (χ0v) is 14.2. The largest absolute Gasteiger partial charge is 0.495 e. The summed E-state index contributed by atoms with van der Waals surface area (Å²) in [7, 11) is 1.61. The maximum absolute atomic E-state index is 6.08. The van der Waals surface area contributed by atoms with Gasteiger partial charge in [-0.25, -0.2) is 4.98 Å². The van der Waals surface area contributed by atoms with E-state index in [0.717, 1.165) is 20.2 Å². The number of benzene rings is 1. The Labute approximate surface area is 133 Å². The molecule has 0 fully saturated rings. The van der Waals surface area contributed by atoms with Crippen LogP contribution in [0.1, 0.15) is 5.56 Å². The van der Waals surface area contributed by atoms with Crippen LogP contribution in [0.5, 0.6) is 5.75 Å². The summed E-state index contributed by atoms with van der Waals surface area (Å²) < 4.78 is 7.08. The van der Waals surface area contributed by atoms with E-state index in [1.54, 1.807) is 19.4 Å². The van der Waals surface area contributed by atoms with Crippen LogP contribution in [0, 0.1) is 6.92 Å². The first-order chi connectivity index (χ1) is 9.01. The predicted molar refractivity (Wildman–Crippen MR) is 85.7 cm³/mol. The first kappa shape index (κ1) is 14.6. The molecule has 0 amide bonds. The number of anilines is 2. The van der Waals surface area contributed by atoms with Crippen molar-refractivity contribution in [1.82, 2.24) is 4.98 Å². The molecule has 0 spiro atoms. The Kier molecular flexibility index (Phi) is 4.71. The molecule has 0 bridgehead atoms. The smallest absolute Gasteiger partial charge is 0.144 e. The summed E-state index contributed by atoms with van der Waals surface area (Å²) in [6, 6.07) is 5.63. The van der Waals surface area contributed by atoms with Gasteiger partial charge in [-0.1, -0.05) is 11.6 Å². The van der Waals surface area contributed by atoms with E-state index in [1.807, 2.05) is 19.1 Å². The van der Waals surface area contributed by atoms with Crippen molar-refractivity contribution in [1.29, 1.82) is 0 Å². The van der Waals surface area contributed by atoms with Crippen molar-refractivity contribution in [2.24, 2.45) is 0 Å².